The van der Waals surface area contributed by atoms with Gasteiger partial charge in [-0.15, -0.1) is 0 Å². The minimum atomic E-state index is -0.363. The molecule has 3 rings (SSSR count). The number of ether oxygens (including phenoxy) is 1. The van der Waals surface area contributed by atoms with Gasteiger partial charge in [0.15, 0.2) is 0 Å². The minimum Gasteiger partial charge on any atom is -0.375 e. The molecule has 1 aliphatic heterocycles. The molecule has 0 saturated heterocycles. The first kappa shape index (κ1) is 10.3. The molecule has 0 saturated carbocycles. The first-order valence-corrected chi connectivity index (χ1v) is 5.42. The van der Waals surface area contributed by atoms with Crippen molar-refractivity contribution in [1.82, 2.24) is 9.78 Å². The predicted molar refractivity (Wildman–Crippen MR) is 59.7 cm³/mol. The molecule has 1 aliphatic rings. The molecule has 5 heteroatoms. The summed E-state index contributed by atoms with van der Waals surface area (Å²) in [4.78, 5) is 12.1. The molecule has 0 unspecified atom stereocenters. The van der Waals surface area contributed by atoms with Gasteiger partial charge in [-0.3, -0.25) is 9.89 Å². The fourth-order valence-corrected chi connectivity index (χ4v) is 2.04. The third-order valence-electron chi connectivity index (χ3n) is 2.88. The van der Waals surface area contributed by atoms with Crippen LogP contribution in [0.4, 0.5) is 4.39 Å². The van der Waals surface area contributed by atoms with E-state index in [1.165, 1.54) is 16.8 Å². The van der Waals surface area contributed by atoms with Crippen molar-refractivity contribution in [2.75, 3.05) is 6.61 Å². The standard InChI is InChI=1S/C12H11FN2O2/c13-8-2-1-3-9(6-8)15-12(16)10-4-5-17-7-11(10)14-15/h1-3,6,14H,4-5,7H2. The number of rotatable bonds is 1. The molecule has 0 fully saturated rings. The number of hydrogen-bond acceptors (Lipinski definition) is 2. The van der Waals surface area contributed by atoms with Gasteiger partial charge in [0, 0.05) is 12.0 Å². The predicted octanol–water partition coefficient (Wildman–Crippen LogP) is 1.38. The molecule has 0 atom stereocenters. The third-order valence-corrected chi connectivity index (χ3v) is 2.88. The van der Waals surface area contributed by atoms with Crippen molar-refractivity contribution in [3.05, 3.63) is 51.7 Å². The van der Waals surface area contributed by atoms with Crippen molar-refractivity contribution in [3.8, 4) is 5.69 Å². The van der Waals surface area contributed by atoms with Gasteiger partial charge in [-0.2, -0.15) is 0 Å². The lowest BCUT2D eigenvalue weighted by Crippen LogP contribution is -2.19. The molecule has 1 aromatic carbocycles. The first-order valence-electron chi connectivity index (χ1n) is 5.42. The largest absolute Gasteiger partial charge is 0.375 e. The van der Waals surface area contributed by atoms with Crippen LogP contribution in [0.15, 0.2) is 29.1 Å². The van der Waals surface area contributed by atoms with Crippen molar-refractivity contribution in [3.63, 3.8) is 0 Å². The highest BCUT2D eigenvalue weighted by Gasteiger charge is 2.18. The van der Waals surface area contributed by atoms with E-state index in [4.69, 9.17) is 4.74 Å². The number of fused-ring (bicyclic) bond motifs is 1. The van der Waals surface area contributed by atoms with E-state index in [0.29, 0.717) is 25.3 Å². The van der Waals surface area contributed by atoms with Gasteiger partial charge < -0.3 is 4.74 Å². The second kappa shape index (κ2) is 3.85. The highest BCUT2D eigenvalue weighted by atomic mass is 19.1. The van der Waals surface area contributed by atoms with Crippen molar-refractivity contribution in [1.29, 1.82) is 0 Å². The van der Waals surface area contributed by atoms with Crippen LogP contribution < -0.4 is 5.56 Å². The van der Waals surface area contributed by atoms with Gasteiger partial charge in [-0.05, 0) is 18.2 Å². The maximum atomic E-state index is 13.1. The summed E-state index contributed by atoms with van der Waals surface area (Å²) < 4.78 is 19.7. The lowest BCUT2D eigenvalue weighted by atomic mass is 10.1. The smallest absolute Gasteiger partial charge is 0.274 e. The fraction of sp³-hybridized carbons (Fsp3) is 0.250. The molecule has 0 aliphatic carbocycles. The van der Waals surface area contributed by atoms with Crippen LogP contribution in [0.5, 0.6) is 0 Å². The molecule has 0 radical (unpaired) electrons. The first-order chi connectivity index (χ1) is 8.25. The molecule has 2 aromatic rings. The molecule has 4 nitrogen and oxygen atoms in total. The molecule has 2 heterocycles. The maximum Gasteiger partial charge on any atom is 0.274 e. The lowest BCUT2D eigenvalue weighted by Gasteiger charge is -2.08. The van der Waals surface area contributed by atoms with E-state index in [-0.39, 0.29) is 11.4 Å². The Morgan fingerprint density at radius 3 is 3.06 bits per heavy atom. The number of aromatic nitrogens is 2. The summed E-state index contributed by atoms with van der Waals surface area (Å²) in [6.07, 6.45) is 0.604. The van der Waals surface area contributed by atoms with E-state index in [9.17, 15) is 9.18 Å². The third kappa shape index (κ3) is 1.68. The van der Waals surface area contributed by atoms with Crippen molar-refractivity contribution < 1.29 is 9.13 Å². The van der Waals surface area contributed by atoms with E-state index < -0.39 is 0 Å². The highest BCUT2D eigenvalue weighted by molar-refractivity contribution is 5.33. The Bertz CT molecular complexity index is 615. The van der Waals surface area contributed by atoms with Crippen molar-refractivity contribution in [2.24, 2.45) is 0 Å². The number of nitrogens with zero attached hydrogens (tertiary/aromatic N) is 1. The molecule has 1 N–H and O–H groups in total. The monoisotopic (exact) mass is 234 g/mol. The van der Waals surface area contributed by atoms with Gasteiger partial charge in [-0.1, -0.05) is 6.07 Å². The Morgan fingerprint density at radius 2 is 2.29 bits per heavy atom. The second-order valence-electron chi connectivity index (χ2n) is 3.99. The lowest BCUT2D eigenvalue weighted by molar-refractivity contribution is 0.108. The van der Waals surface area contributed by atoms with Crippen LogP contribution in [0.3, 0.4) is 0 Å². The molecule has 88 valence electrons. The minimum absolute atomic E-state index is 0.117. The summed E-state index contributed by atoms with van der Waals surface area (Å²) in [5.74, 6) is -0.363. The second-order valence-corrected chi connectivity index (χ2v) is 3.99. The van der Waals surface area contributed by atoms with Crippen LogP contribution >= 0.6 is 0 Å². The molecule has 0 amide bonds. The summed E-state index contributed by atoms with van der Waals surface area (Å²) in [7, 11) is 0. The van der Waals surface area contributed by atoms with E-state index in [2.05, 4.69) is 5.10 Å². The fourth-order valence-electron chi connectivity index (χ4n) is 2.04. The quantitative estimate of drug-likeness (QED) is 0.810. The van der Waals surface area contributed by atoms with Gasteiger partial charge in [0.25, 0.3) is 5.56 Å². The van der Waals surface area contributed by atoms with Gasteiger partial charge in [-0.25, -0.2) is 9.07 Å². The normalized spacial score (nSPS) is 14.6. The van der Waals surface area contributed by atoms with Crippen LogP contribution in [-0.2, 0) is 17.8 Å². The van der Waals surface area contributed by atoms with Gasteiger partial charge in [0.1, 0.15) is 5.82 Å². The Hall–Kier alpha value is -1.88. The summed E-state index contributed by atoms with van der Waals surface area (Å²) in [5, 5.41) is 2.96. The Labute approximate surface area is 96.6 Å². The van der Waals surface area contributed by atoms with E-state index in [0.717, 1.165) is 11.3 Å². The van der Waals surface area contributed by atoms with Gasteiger partial charge in [0.2, 0.25) is 0 Å². The zero-order valence-corrected chi connectivity index (χ0v) is 9.07. The average molecular weight is 234 g/mol. The van der Waals surface area contributed by atoms with E-state index >= 15 is 0 Å². The summed E-state index contributed by atoms with van der Waals surface area (Å²) in [6.45, 7) is 0.968. The van der Waals surface area contributed by atoms with Crippen LogP contribution in [-0.4, -0.2) is 16.4 Å². The number of halogens is 1. The molecular weight excluding hydrogens is 223 g/mol. The average Bonchev–Trinajstić information content (AvgIpc) is 2.68. The van der Waals surface area contributed by atoms with Crippen molar-refractivity contribution >= 4 is 0 Å². The summed E-state index contributed by atoms with van der Waals surface area (Å²) in [6, 6.07) is 5.94. The molecule has 0 bridgehead atoms. The van der Waals surface area contributed by atoms with E-state index in [1.807, 2.05) is 0 Å². The van der Waals surface area contributed by atoms with Crippen LogP contribution in [0, 0.1) is 5.82 Å². The molecule has 17 heavy (non-hydrogen) atoms. The molecule has 0 spiro atoms. The van der Waals surface area contributed by atoms with Crippen LogP contribution in [0.2, 0.25) is 0 Å². The summed E-state index contributed by atoms with van der Waals surface area (Å²) >= 11 is 0. The van der Waals surface area contributed by atoms with Crippen molar-refractivity contribution in [2.45, 2.75) is 13.0 Å². The SMILES string of the molecule is O=c1c2c([nH]n1-c1cccc(F)c1)COCC2. The Kier molecular flexibility index (Phi) is 2.33. The van der Waals surface area contributed by atoms with Gasteiger partial charge in [0.05, 0.1) is 24.6 Å². The topological polar surface area (TPSA) is 47.0 Å². The number of H-pyrrole nitrogens is 1. The van der Waals surface area contributed by atoms with Crippen LogP contribution in [0.25, 0.3) is 5.69 Å². The molecular formula is C12H11FN2O2. The highest BCUT2D eigenvalue weighted by Crippen LogP contribution is 2.13. The van der Waals surface area contributed by atoms with Crippen LogP contribution in [0.1, 0.15) is 11.3 Å². The zero-order valence-electron chi connectivity index (χ0n) is 9.07. The Morgan fingerprint density at radius 1 is 1.41 bits per heavy atom. The Balaban J connectivity index is 2.16. The number of aromatic amines is 1. The van der Waals surface area contributed by atoms with E-state index in [1.54, 1.807) is 12.1 Å². The number of benzene rings is 1. The maximum absolute atomic E-state index is 13.1. The number of nitrogens with one attached hydrogen (secondary N) is 1. The summed E-state index contributed by atoms with van der Waals surface area (Å²) in [5.41, 5.74) is 1.91. The molecule has 1 aromatic heterocycles. The number of hydrogen-bond donors (Lipinski definition) is 1. The zero-order chi connectivity index (χ0) is 11.8. The van der Waals surface area contributed by atoms with Gasteiger partial charge >= 0.3 is 0 Å².